The zero-order valence-corrected chi connectivity index (χ0v) is 5.05. The lowest BCUT2D eigenvalue weighted by molar-refractivity contribution is 1.02. The molecule has 0 aliphatic heterocycles. The van der Waals surface area contributed by atoms with E-state index < -0.39 is 0 Å². The minimum absolute atomic E-state index is 0. The molecule has 1 rings (SSSR count). The molecule has 0 saturated carbocycles. The summed E-state index contributed by atoms with van der Waals surface area (Å²) in [4.78, 5) is 0. The van der Waals surface area contributed by atoms with Crippen molar-refractivity contribution in [2.75, 3.05) is 0 Å². The summed E-state index contributed by atoms with van der Waals surface area (Å²) in [6, 6.07) is 0. The first kappa shape index (κ1) is 7.41. The third-order valence-electron chi connectivity index (χ3n) is 1.18. The number of allylic oxidation sites excluding steroid dienone is 4. The van der Waals surface area contributed by atoms with E-state index in [2.05, 4.69) is 25.2 Å². The van der Waals surface area contributed by atoms with Crippen molar-refractivity contribution in [3.63, 3.8) is 0 Å². The van der Waals surface area contributed by atoms with E-state index >= 15 is 0 Å². The van der Waals surface area contributed by atoms with Crippen LogP contribution in [0.4, 0.5) is 4.70 Å². The highest BCUT2D eigenvalue weighted by molar-refractivity contribution is 5.18. The van der Waals surface area contributed by atoms with Crippen LogP contribution in [-0.2, 0) is 0 Å². The van der Waals surface area contributed by atoms with Gasteiger partial charge in [-0.15, -0.1) is 0 Å². The Morgan fingerprint density at radius 2 is 2.12 bits per heavy atom. The second kappa shape index (κ2) is 3.42. The Balaban J connectivity index is 0.000000490. The Morgan fingerprint density at radius 1 is 1.38 bits per heavy atom. The summed E-state index contributed by atoms with van der Waals surface area (Å²) < 4.78 is 0. The van der Waals surface area contributed by atoms with Gasteiger partial charge >= 0.3 is 0 Å². The number of halogens is 1. The van der Waals surface area contributed by atoms with Gasteiger partial charge in [0.05, 0.1) is 0 Å². The molecular formula is C7H11F. The van der Waals surface area contributed by atoms with Crippen molar-refractivity contribution >= 4 is 0 Å². The molecule has 0 unspecified atom stereocenters. The van der Waals surface area contributed by atoms with Gasteiger partial charge in [-0.1, -0.05) is 23.8 Å². The second-order valence-corrected chi connectivity index (χ2v) is 1.93. The molecule has 8 heavy (non-hydrogen) atoms. The van der Waals surface area contributed by atoms with E-state index in [9.17, 15) is 0 Å². The van der Waals surface area contributed by atoms with Gasteiger partial charge in [-0.05, 0) is 19.8 Å². The van der Waals surface area contributed by atoms with Gasteiger partial charge in [-0.3, -0.25) is 4.70 Å². The summed E-state index contributed by atoms with van der Waals surface area (Å²) in [5.41, 5.74) is 1.41. The van der Waals surface area contributed by atoms with Crippen LogP contribution >= 0.6 is 0 Å². The SMILES string of the molecule is CC1=CCCC=C1.F. The lowest BCUT2D eigenvalue weighted by atomic mass is 10.1. The molecule has 0 radical (unpaired) electrons. The van der Waals surface area contributed by atoms with E-state index in [1.807, 2.05) is 0 Å². The molecule has 1 aliphatic rings. The Kier molecular flexibility index (Phi) is 3.16. The molecule has 0 saturated heterocycles. The van der Waals surface area contributed by atoms with E-state index in [-0.39, 0.29) is 4.70 Å². The highest BCUT2D eigenvalue weighted by Gasteiger charge is 1.86. The summed E-state index contributed by atoms with van der Waals surface area (Å²) in [7, 11) is 0. The van der Waals surface area contributed by atoms with Crippen LogP contribution in [0.2, 0.25) is 0 Å². The van der Waals surface area contributed by atoms with E-state index in [0.717, 1.165) is 0 Å². The van der Waals surface area contributed by atoms with Gasteiger partial charge in [-0.25, -0.2) is 0 Å². The molecule has 0 N–H and O–H groups in total. The summed E-state index contributed by atoms with van der Waals surface area (Å²) in [6.07, 6.45) is 9.12. The molecule has 0 spiro atoms. The van der Waals surface area contributed by atoms with Crippen LogP contribution in [0.5, 0.6) is 0 Å². The molecule has 0 bridgehead atoms. The van der Waals surface area contributed by atoms with Gasteiger partial charge < -0.3 is 0 Å². The lowest BCUT2D eigenvalue weighted by Gasteiger charge is -1.96. The van der Waals surface area contributed by atoms with E-state index in [4.69, 9.17) is 0 Å². The first-order chi connectivity index (χ1) is 3.39. The Labute approximate surface area is 49.3 Å². The van der Waals surface area contributed by atoms with Gasteiger partial charge in [-0.2, -0.15) is 0 Å². The van der Waals surface area contributed by atoms with E-state index in [1.165, 1.54) is 18.4 Å². The van der Waals surface area contributed by atoms with E-state index in [1.54, 1.807) is 0 Å². The van der Waals surface area contributed by atoms with Crippen molar-refractivity contribution in [3.8, 4) is 0 Å². The van der Waals surface area contributed by atoms with Crippen molar-refractivity contribution in [2.24, 2.45) is 0 Å². The normalized spacial score (nSPS) is 16.9. The van der Waals surface area contributed by atoms with Crippen LogP contribution < -0.4 is 0 Å². The fourth-order valence-electron chi connectivity index (χ4n) is 0.744. The fourth-order valence-corrected chi connectivity index (χ4v) is 0.744. The number of hydrogen-bond acceptors (Lipinski definition) is 0. The number of rotatable bonds is 0. The lowest BCUT2D eigenvalue weighted by Crippen LogP contribution is -1.76. The van der Waals surface area contributed by atoms with Crippen LogP contribution in [0.3, 0.4) is 0 Å². The van der Waals surface area contributed by atoms with Crippen LogP contribution in [-0.4, -0.2) is 0 Å². The third kappa shape index (κ3) is 1.92. The molecular weight excluding hydrogens is 103 g/mol. The van der Waals surface area contributed by atoms with Crippen molar-refractivity contribution in [2.45, 2.75) is 19.8 Å². The summed E-state index contributed by atoms with van der Waals surface area (Å²) >= 11 is 0. The Bertz CT molecular complexity index is 112. The molecule has 0 heterocycles. The topological polar surface area (TPSA) is 0 Å². The molecule has 0 aromatic heterocycles. The van der Waals surface area contributed by atoms with Crippen LogP contribution in [0.1, 0.15) is 19.8 Å². The average Bonchev–Trinajstić information content (AvgIpc) is 1.69. The first-order valence-corrected chi connectivity index (χ1v) is 2.73. The van der Waals surface area contributed by atoms with E-state index in [0.29, 0.717) is 0 Å². The average molecular weight is 114 g/mol. The smallest absolute Gasteiger partial charge is 0.0310 e. The first-order valence-electron chi connectivity index (χ1n) is 2.73. The van der Waals surface area contributed by atoms with Crippen molar-refractivity contribution in [1.29, 1.82) is 0 Å². The quantitative estimate of drug-likeness (QED) is 0.453. The van der Waals surface area contributed by atoms with Crippen LogP contribution in [0.15, 0.2) is 23.8 Å². The second-order valence-electron chi connectivity index (χ2n) is 1.93. The largest absolute Gasteiger partial charge is 0.269 e. The predicted octanol–water partition coefficient (Wildman–Crippen LogP) is 2.44. The maximum Gasteiger partial charge on any atom is -0.0310 e. The van der Waals surface area contributed by atoms with Gasteiger partial charge in [0.25, 0.3) is 0 Å². The van der Waals surface area contributed by atoms with Gasteiger partial charge in [0.1, 0.15) is 0 Å². The minimum Gasteiger partial charge on any atom is -0.269 e. The minimum atomic E-state index is 0. The molecule has 46 valence electrons. The maximum absolute atomic E-state index is 2.26. The van der Waals surface area contributed by atoms with Crippen molar-refractivity contribution in [3.05, 3.63) is 23.8 Å². The predicted molar refractivity (Wildman–Crippen MR) is 34.6 cm³/mol. The molecule has 0 aromatic carbocycles. The monoisotopic (exact) mass is 114 g/mol. The van der Waals surface area contributed by atoms with Gasteiger partial charge in [0.15, 0.2) is 0 Å². The van der Waals surface area contributed by atoms with Crippen LogP contribution in [0.25, 0.3) is 0 Å². The fraction of sp³-hybridized carbons (Fsp3) is 0.429. The molecule has 1 aliphatic carbocycles. The highest BCUT2D eigenvalue weighted by Crippen LogP contribution is 2.06. The maximum atomic E-state index is 2.26. The molecule has 0 atom stereocenters. The zero-order chi connectivity index (χ0) is 5.11. The van der Waals surface area contributed by atoms with Crippen molar-refractivity contribution in [1.82, 2.24) is 0 Å². The highest BCUT2D eigenvalue weighted by atomic mass is 19.0. The molecule has 0 fully saturated rings. The Hall–Kier alpha value is -0.590. The zero-order valence-electron chi connectivity index (χ0n) is 5.05. The summed E-state index contributed by atoms with van der Waals surface area (Å²) in [5.74, 6) is 0. The van der Waals surface area contributed by atoms with Crippen LogP contribution in [0, 0.1) is 0 Å². The summed E-state index contributed by atoms with van der Waals surface area (Å²) in [5, 5.41) is 0. The van der Waals surface area contributed by atoms with Gasteiger partial charge in [0, 0.05) is 0 Å². The molecule has 0 nitrogen and oxygen atoms in total. The molecule has 1 heteroatoms. The van der Waals surface area contributed by atoms with Gasteiger partial charge in [0.2, 0.25) is 0 Å². The third-order valence-corrected chi connectivity index (χ3v) is 1.18. The number of hydrogen-bond donors (Lipinski definition) is 0. The Morgan fingerprint density at radius 3 is 2.38 bits per heavy atom. The van der Waals surface area contributed by atoms with Crippen molar-refractivity contribution < 1.29 is 4.70 Å². The molecule has 0 aromatic rings. The standard InChI is InChI=1S/C7H10.FH/c1-7-5-3-2-4-6-7;/h3,5-6H,2,4H2,1H3;1H. The molecule has 0 amide bonds. The summed E-state index contributed by atoms with van der Waals surface area (Å²) in [6.45, 7) is 2.13.